The first-order valence-electron chi connectivity index (χ1n) is 9.41. The lowest BCUT2D eigenvalue weighted by Crippen LogP contribution is -2.49. The molecule has 0 radical (unpaired) electrons. The molecule has 2 fully saturated rings. The third-order valence-corrected chi connectivity index (χ3v) is 5.44. The number of anilines is 1. The smallest absolute Gasteiger partial charge is 0.406 e. The van der Waals surface area contributed by atoms with E-state index in [2.05, 4.69) is 22.3 Å². The van der Waals surface area contributed by atoms with Crippen LogP contribution in [0.1, 0.15) is 39.0 Å². The van der Waals surface area contributed by atoms with Crippen molar-refractivity contribution in [2.45, 2.75) is 50.9 Å². The van der Waals surface area contributed by atoms with Crippen molar-refractivity contribution in [1.82, 2.24) is 10.2 Å². The van der Waals surface area contributed by atoms with Crippen molar-refractivity contribution >= 4 is 23.5 Å². The molecule has 0 atom stereocenters. The Morgan fingerprint density at radius 2 is 2.00 bits per heavy atom. The highest BCUT2D eigenvalue weighted by Gasteiger charge is 2.52. The number of hydrogen-bond donors (Lipinski definition) is 2. The van der Waals surface area contributed by atoms with Gasteiger partial charge in [0.2, 0.25) is 5.91 Å². The molecule has 1 aromatic carbocycles. The number of hydrogen-bond acceptors (Lipinski definition) is 4. The van der Waals surface area contributed by atoms with Crippen LogP contribution in [-0.2, 0) is 9.59 Å². The van der Waals surface area contributed by atoms with E-state index < -0.39 is 42.0 Å². The topological polar surface area (TPSA) is 87.7 Å². The molecule has 4 amide bonds. The molecule has 2 N–H and O–H groups in total. The first kappa shape index (κ1) is 20.9. The highest BCUT2D eigenvalue weighted by atomic mass is 19.4. The Bertz CT molecular complexity index is 804. The third kappa shape index (κ3) is 4.80. The Kier molecular flexibility index (Phi) is 5.72. The molecule has 3 rings (SSSR count). The summed E-state index contributed by atoms with van der Waals surface area (Å²) in [6.07, 6.45) is -1.12. The van der Waals surface area contributed by atoms with Crippen molar-refractivity contribution in [2.75, 3.05) is 11.9 Å². The van der Waals surface area contributed by atoms with Gasteiger partial charge in [-0.3, -0.25) is 14.5 Å². The fourth-order valence-corrected chi connectivity index (χ4v) is 3.85. The molecule has 1 heterocycles. The monoisotopic (exact) mass is 413 g/mol. The molecule has 1 saturated carbocycles. The minimum absolute atomic E-state index is 0.0574. The standard InChI is InChI=1S/C19H22F3N3O4/c1-2-12-6-8-18(9-7-12)16(27)25(17(28)24-18)11-15(26)23-13-4-3-5-14(10-13)29-19(20,21)22/h3-5,10,12H,2,6-9,11H2,1H3,(H,23,26)(H,24,28). The molecular weight excluding hydrogens is 391 g/mol. The second kappa shape index (κ2) is 7.92. The molecular formula is C19H22F3N3O4. The first-order valence-corrected chi connectivity index (χ1v) is 9.41. The van der Waals surface area contributed by atoms with Crippen molar-refractivity contribution in [3.05, 3.63) is 24.3 Å². The van der Waals surface area contributed by atoms with Crippen molar-refractivity contribution in [3.8, 4) is 5.75 Å². The average Bonchev–Trinajstić information content (AvgIpc) is 2.85. The van der Waals surface area contributed by atoms with E-state index in [1.807, 2.05) is 0 Å². The Morgan fingerprint density at radius 1 is 1.31 bits per heavy atom. The van der Waals surface area contributed by atoms with E-state index >= 15 is 0 Å². The first-order chi connectivity index (χ1) is 13.6. The molecule has 1 spiro atoms. The number of carbonyl (C=O) groups is 3. The summed E-state index contributed by atoms with van der Waals surface area (Å²) in [5, 5.41) is 5.11. The predicted octanol–water partition coefficient (Wildman–Crippen LogP) is 3.41. The van der Waals surface area contributed by atoms with Gasteiger partial charge >= 0.3 is 12.4 Å². The van der Waals surface area contributed by atoms with Crippen LogP contribution in [0.2, 0.25) is 0 Å². The fraction of sp³-hybridized carbons (Fsp3) is 0.526. The largest absolute Gasteiger partial charge is 0.573 e. The fourth-order valence-electron chi connectivity index (χ4n) is 3.85. The van der Waals surface area contributed by atoms with Crippen LogP contribution in [0.15, 0.2) is 24.3 Å². The van der Waals surface area contributed by atoms with Crippen molar-refractivity contribution in [3.63, 3.8) is 0 Å². The number of nitrogens with one attached hydrogen (secondary N) is 2. The second-order valence-corrected chi connectivity index (χ2v) is 7.38. The molecule has 10 heteroatoms. The van der Waals surface area contributed by atoms with Crippen LogP contribution in [0.5, 0.6) is 5.75 Å². The number of ether oxygens (including phenoxy) is 1. The molecule has 0 bridgehead atoms. The van der Waals surface area contributed by atoms with Crippen molar-refractivity contribution in [1.29, 1.82) is 0 Å². The summed E-state index contributed by atoms with van der Waals surface area (Å²) in [7, 11) is 0. The van der Waals surface area contributed by atoms with Crippen molar-refractivity contribution < 1.29 is 32.3 Å². The number of urea groups is 1. The van der Waals surface area contributed by atoms with Crippen LogP contribution in [-0.4, -0.2) is 41.2 Å². The van der Waals surface area contributed by atoms with E-state index in [-0.39, 0.29) is 5.69 Å². The van der Waals surface area contributed by atoms with Gasteiger partial charge in [0.25, 0.3) is 5.91 Å². The van der Waals surface area contributed by atoms with Crippen LogP contribution in [0.25, 0.3) is 0 Å². The predicted molar refractivity (Wildman–Crippen MR) is 97.0 cm³/mol. The van der Waals surface area contributed by atoms with Gasteiger partial charge in [-0.05, 0) is 43.7 Å². The van der Waals surface area contributed by atoms with E-state index in [9.17, 15) is 27.6 Å². The maximum atomic E-state index is 12.8. The Hall–Kier alpha value is -2.78. The van der Waals surface area contributed by atoms with Gasteiger partial charge in [-0.1, -0.05) is 19.4 Å². The third-order valence-electron chi connectivity index (χ3n) is 5.44. The van der Waals surface area contributed by atoms with Crippen LogP contribution >= 0.6 is 0 Å². The highest BCUT2D eigenvalue weighted by Crippen LogP contribution is 2.37. The Labute approximate surface area is 165 Å². The van der Waals surface area contributed by atoms with E-state index in [1.54, 1.807) is 0 Å². The zero-order chi connectivity index (χ0) is 21.2. The number of benzene rings is 1. The molecule has 2 aliphatic rings. The Balaban J connectivity index is 1.62. The van der Waals surface area contributed by atoms with Gasteiger partial charge in [-0.15, -0.1) is 13.2 Å². The van der Waals surface area contributed by atoms with Gasteiger partial charge < -0.3 is 15.4 Å². The summed E-state index contributed by atoms with van der Waals surface area (Å²) in [6.45, 7) is 1.57. The second-order valence-electron chi connectivity index (χ2n) is 7.38. The SMILES string of the molecule is CCC1CCC2(CC1)NC(=O)N(CC(=O)Nc1cccc(OC(F)(F)F)c1)C2=O. The van der Waals surface area contributed by atoms with Crippen LogP contribution < -0.4 is 15.4 Å². The van der Waals surface area contributed by atoms with Gasteiger partial charge in [0, 0.05) is 11.8 Å². The number of carbonyl (C=O) groups excluding carboxylic acids is 3. The minimum atomic E-state index is -4.85. The number of amides is 4. The van der Waals surface area contributed by atoms with Gasteiger partial charge in [0.1, 0.15) is 17.8 Å². The summed E-state index contributed by atoms with van der Waals surface area (Å²) in [6, 6.07) is 4.13. The quantitative estimate of drug-likeness (QED) is 0.725. The zero-order valence-electron chi connectivity index (χ0n) is 15.8. The number of halogens is 3. The lowest BCUT2D eigenvalue weighted by atomic mass is 9.75. The Morgan fingerprint density at radius 3 is 2.62 bits per heavy atom. The van der Waals surface area contributed by atoms with Gasteiger partial charge in [0.05, 0.1) is 0 Å². The van der Waals surface area contributed by atoms with Gasteiger partial charge in [0.15, 0.2) is 0 Å². The van der Waals surface area contributed by atoms with Crippen LogP contribution in [0.4, 0.5) is 23.7 Å². The summed E-state index contributed by atoms with van der Waals surface area (Å²) >= 11 is 0. The minimum Gasteiger partial charge on any atom is -0.406 e. The molecule has 1 aliphatic carbocycles. The lowest BCUT2D eigenvalue weighted by molar-refractivity contribution is -0.274. The number of alkyl halides is 3. The lowest BCUT2D eigenvalue weighted by Gasteiger charge is -2.34. The van der Waals surface area contributed by atoms with E-state index in [0.29, 0.717) is 18.8 Å². The molecule has 29 heavy (non-hydrogen) atoms. The molecule has 1 aliphatic heterocycles. The number of nitrogens with zero attached hydrogens (tertiary/aromatic N) is 1. The molecule has 0 aromatic heterocycles. The summed E-state index contributed by atoms with van der Waals surface area (Å²) < 4.78 is 40.7. The van der Waals surface area contributed by atoms with E-state index in [1.165, 1.54) is 12.1 Å². The van der Waals surface area contributed by atoms with Gasteiger partial charge in [-0.25, -0.2) is 4.79 Å². The normalized spacial score (nSPS) is 24.6. The zero-order valence-corrected chi connectivity index (χ0v) is 15.8. The maximum absolute atomic E-state index is 12.8. The average molecular weight is 413 g/mol. The molecule has 1 aromatic rings. The summed E-state index contributed by atoms with van der Waals surface area (Å²) in [5.74, 6) is -1.09. The van der Waals surface area contributed by atoms with Gasteiger partial charge in [-0.2, -0.15) is 0 Å². The number of imide groups is 1. The molecule has 0 unspecified atom stereocenters. The highest BCUT2D eigenvalue weighted by molar-refractivity contribution is 6.10. The summed E-state index contributed by atoms with van der Waals surface area (Å²) in [4.78, 5) is 38.2. The summed E-state index contributed by atoms with van der Waals surface area (Å²) in [5.41, 5.74) is -0.897. The van der Waals surface area contributed by atoms with E-state index in [4.69, 9.17) is 0 Å². The molecule has 7 nitrogen and oxygen atoms in total. The van der Waals surface area contributed by atoms with Crippen LogP contribution in [0.3, 0.4) is 0 Å². The molecule has 158 valence electrons. The molecule has 1 saturated heterocycles. The number of rotatable bonds is 5. The van der Waals surface area contributed by atoms with E-state index in [0.717, 1.165) is 36.3 Å². The van der Waals surface area contributed by atoms with Crippen molar-refractivity contribution in [2.24, 2.45) is 5.92 Å². The van der Waals surface area contributed by atoms with Crippen LogP contribution in [0, 0.1) is 5.92 Å². The maximum Gasteiger partial charge on any atom is 0.573 e.